The summed E-state index contributed by atoms with van der Waals surface area (Å²) < 4.78 is 73.8. The van der Waals surface area contributed by atoms with Crippen molar-refractivity contribution in [3.05, 3.63) is 11.8 Å². The number of amides is 1. The molecule has 0 bridgehead atoms. The molecule has 0 fully saturated rings. The lowest BCUT2D eigenvalue weighted by Gasteiger charge is -2.33. The number of methoxy groups -OCH3 is 1. The molecule has 1 aliphatic rings. The molecule has 24 heavy (non-hydrogen) atoms. The van der Waals surface area contributed by atoms with Gasteiger partial charge in [-0.3, -0.25) is 0 Å². The van der Waals surface area contributed by atoms with Gasteiger partial charge in [0, 0.05) is 20.2 Å². The molecule has 0 saturated heterocycles. The number of carbonyl (C=O) groups excluding carboxylic acids is 1. The van der Waals surface area contributed by atoms with Crippen molar-refractivity contribution in [3.63, 3.8) is 0 Å². The SMILES string of the molecule is COCC1CN(C(=O)OC(C)(C)C)CC=C1OS(=O)(=O)C(F)(F)F. The monoisotopic (exact) mass is 375 g/mol. The number of hydrogen-bond donors (Lipinski definition) is 0. The molecule has 0 aliphatic carbocycles. The van der Waals surface area contributed by atoms with Crippen molar-refractivity contribution in [3.8, 4) is 0 Å². The number of nitrogens with zero attached hydrogens (tertiary/aromatic N) is 1. The van der Waals surface area contributed by atoms with Gasteiger partial charge in [0.15, 0.2) is 0 Å². The van der Waals surface area contributed by atoms with Crippen molar-refractivity contribution in [1.29, 1.82) is 0 Å². The van der Waals surface area contributed by atoms with Gasteiger partial charge < -0.3 is 18.6 Å². The minimum absolute atomic E-state index is 0.0953. The maximum atomic E-state index is 12.4. The van der Waals surface area contributed by atoms with E-state index in [0.717, 1.165) is 6.08 Å². The second kappa shape index (κ2) is 7.18. The lowest BCUT2D eigenvalue weighted by molar-refractivity contribution is -0.0534. The molecule has 0 radical (unpaired) electrons. The number of hydrogen-bond acceptors (Lipinski definition) is 6. The van der Waals surface area contributed by atoms with Crippen LogP contribution in [0.3, 0.4) is 0 Å². The summed E-state index contributed by atoms with van der Waals surface area (Å²) in [6.07, 6.45) is 0.429. The molecular weight excluding hydrogens is 355 g/mol. The van der Waals surface area contributed by atoms with E-state index in [2.05, 4.69) is 4.18 Å². The number of rotatable bonds is 4. The first-order valence-electron chi connectivity index (χ1n) is 6.94. The fourth-order valence-electron chi connectivity index (χ4n) is 1.88. The first-order valence-corrected chi connectivity index (χ1v) is 8.35. The van der Waals surface area contributed by atoms with E-state index >= 15 is 0 Å². The van der Waals surface area contributed by atoms with E-state index < -0.39 is 39.0 Å². The zero-order valence-electron chi connectivity index (χ0n) is 13.7. The second-order valence-corrected chi connectivity index (χ2v) is 7.67. The maximum Gasteiger partial charge on any atom is 0.534 e. The van der Waals surface area contributed by atoms with Gasteiger partial charge in [0.1, 0.15) is 11.4 Å². The van der Waals surface area contributed by atoms with E-state index in [-0.39, 0.29) is 19.7 Å². The fourth-order valence-corrected chi connectivity index (χ4v) is 2.44. The molecule has 0 N–H and O–H groups in total. The van der Waals surface area contributed by atoms with Crippen LogP contribution in [0.15, 0.2) is 11.8 Å². The normalized spacial score (nSPS) is 19.7. The predicted molar refractivity (Wildman–Crippen MR) is 77.3 cm³/mol. The summed E-state index contributed by atoms with van der Waals surface area (Å²) in [5.74, 6) is -1.28. The van der Waals surface area contributed by atoms with E-state index in [0.29, 0.717) is 0 Å². The molecule has 140 valence electrons. The van der Waals surface area contributed by atoms with Crippen LogP contribution in [-0.2, 0) is 23.8 Å². The van der Waals surface area contributed by atoms with E-state index in [1.165, 1.54) is 12.0 Å². The Morgan fingerprint density at radius 2 is 1.92 bits per heavy atom. The highest BCUT2D eigenvalue weighted by molar-refractivity contribution is 7.87. The van der Waals surface area contributed by atoms with Gasteiger partial charge in [-0.1, -0.05) is 0 Å². The summed E-state index contributed by atoms with van der Waals surface area (Å²) in [5, 5.41) is 0. The average molecular weight is 375 g/mol. The van der Waals surface area contributed by atoms with Crippen molar-refractivity contribution in [2.75, 3.05) is 26.8 Å². The Morgan fingerprint density at radius 1 is 1.33 bits per heavy atom. The minimum atomic E-state index is -5.77. The van der Waals surface area contributed by atoms with Crippen LogP contribution < -0.4 is 0 Å². The highest BCUT2D eigenvalue weighted by Gasteiger charge is 2.49. The maximum absolute atomic E-state index is 12.4. The Kier molecular flexibility index (Phi) is 6.15. The molecule has 0 aromatic heterocycles. The number of alkyl halides is 3. The Balaban J connectivity index is 2.93. The van der Waals surface area contributed by atoms with Crippen LogP contribution in [0.5, 0.6) is 0 Å². The molecule has 1 heterocycles. The van der Waals surface area contributed by atoms with E-state index in [1.54, 1.807) is 20.8 Å². The van der Waals surface area contributed by atoms with Crippen LogP contribution in [0.25, 0.3) is 0 Å². The fraction of sp³-hybridized carbons (Fsp3) is 0.769. The molecule has 1 rings (SSSR count). The number of ether oxygens (including phenoxy) is 2. The van der Waals surface area contributed by atoms with Gasteiger partial charge in [-0.2, -0.15) is 21.6 Å². The van der Waals surface area contributed by atoms with Gasteiger partial charge >= 0.3 is 21.7 Å². The van der Waals surface area contributed by atoms with Crippen molar-refractivity contribution in [1.82, 2.24) is 4.90 Å². The zero-order valence-corrected chi connectivity index (χ0v) is 14.5. The quantitative estimate of drug-likeness (QED) is 0.554. The van der Waals surface area contributed by atoms with E-state index in [9.17, 15) is 26.4 Å². The lowest BCUT2D eigenvalue weighted by Crippen LogP contribution is -2.44. The van der Waals surface area contributed by atoms with Crippen molar-refractivity contribution < 1.29 is 40.0 Å². The number of carbonyl (C=O) groups is 1. The Morgan fingerprint density at radius 3 is 2.38 bits per heavy atom. The van der Waals surface area contributed by atoms with Crippen LogP contribution in [0, 0.1) is 5.92 Å². The standard InChI is InChI=1S/C13H20F3NO6S/c1-12(2,3)22-11(18)17-6-5-10(9(7-17)8-21-4)23-24(19,20)13(14,15)16/h5,9H,6-8H2,1-4H3. The first-order chi connectivity index (χ1) is 10.8. The van der Waals surface area contributed by atoms with Crippen LogP contribution in [0.2, 0.25) is 0 Å². The Labute approximate surface area is 138 Å². The molecule has 0 aromatic carbocycles. The topological polar surface area (TPSA) is 82.1 Å². The highest BCUT2D eigenvalue weighted by atomic mass is 32.2. The molecule has 0 aromatic rings. The molecule has 1 amide bonds. The third kappa shape index (κ3) is 5.55. The van der Waals surface area contributed by atoms with Crippen LogP contribution in [-0.4, -0.2) is 57.3 Å². The minimum Gasteiger partial charge on any atom is -0.444 e. The van der Waals surface area contributed by atoms with Gasteiger partial charge in [-0.15, -0.1) is 0 Å². The molecule has 1 atom stereocenters. The van der Waals surface area contributed by atoms with Gasteiger partial charge in [-0.05, 0) is 26.8 Å². The van der Waals surface area contributed by atoms with E-state index in [4.69, 9.17) is 9.47 Å². The Bertz CT molecular complexity index is 594. The molecule has 7 nitrogen and oxygen atoms in total. The molecule has 11 heteroatoms. The Hall–Kier alpha value is -1.49. The summed E-state index contributed by atoms with van der Waals surface area (Å²) in [5.41, 5.74) is -6.28. The average Bonchev–Trinajstić information content (AvgIpc) is 2.37. The third-order valence-electron chi connectivity index (χ3n) is 2.86. The number of halogens is 3. The highest BCUT2D eigenvalue weighted by Crippen LogP contribution is 2.30. The zero-order chi connectivity index (χ0) is 18.8. The summed E-state index contributed by atoms with van der Waals surface area (Å²) in [7, 11) is -4.48. The van der Waals surface area contributed by atoms with Crippen LogP contribution in [0.1, 0.15) is 20.8 Å². The predicted octanol–water partition coefficient (Wildman–Crippen LogP) is 2.25. The summed E-state index contributed by atoms with van der Waals surface area (Å²) >= 11 is 0. The first kappa shape index (κ1) is 20.6. The molecular formula is C13H20F3NO6S. The second-order valence-electron chi connectivity index (χ2n) is 6.13. The third-order valence-corrected chi connectivity index (χ3v) is 3.84. The molecule has 0 spiro atoms. The van der Waals surface area contributed by atoms with Gasteiger partial charge in [0.2, 0.25) is 0 Å². The van der Waals surface area contributed by atoms with Crippen LogP contribution in [0.4, 0.5) is 18.0 Å². The van der Waals surface area contributed by atoms with Crippen molar-refractivity contribution >= 4 is 16.2 Å². The van der Waals surface area contributed by atoms with Crippen molar-refractivity contribution in [2.45, 2.75) is 31.9 Å². The molecule has 1 unspecified atom stereocenters. The molecule has 0 saturated carbocycles. The molecule has 1 aliphatic heterocycles. The van der Waals surface area contributed by atoms with Gasteiger partial charge in [0.25, 0.3) is 0 Å². The van der Waals surface area contributed by atoms with Gasteiger partial charge in [-0.25, -0.2) is 4.79 Å². The summed E-state index contributed by atoms with van der Waals surface area (Å²) in [6.45, 7) is 4.64. The van der Waals surface area contributed by atoms with Crippen LogP contribution >= 0.6 is 0 Å². The summed E-state index contributed by atoms with van der Waals surface area (Å²) in [4.78, 5) is 13.2. The smallest absolute Gasteiger partial charge is 0.444 e. The van der Waals surface area contributed by atoms with E-state index in [1.807, 2.05) is 0 Å². The largest absolute Gasteiger partial charge is 0.534 e. The lowest BCUT2D eigenvalue weighted by atomic mass is 10.0. The van der Waals surface area contributed by atoms with Crippen molar-refractivity contribution in [2.24, 2.45) is 5.92 Å². The summed E-state index contributed by atoms with van der Waals surface area (Å²) in [6, 6.07) is 0. The van der Waals surface area contributed by atoms with Gasteiger partial charge in [0.05, 0.1) is 12.5 Å².